The van der Waals surface area contributed by atoms with Crippen molar-refractivity contribution < 1.29 is 22.2 Å². The Morgan fingerprint density at radius 2 is 1.50 bits per heavy atom. The van der Waals surface area contributed by atoms with Gasteiger partial charge in [0.05, 0.1) is 6.16 Å². The fourth-order valence-electron chi connectivity index (χ4n) is 1.57. The lowest BCUT2D eigenvalue weighted by Gasteiger charge is -2.09. The summed E-state index contributed by atoms with van der Waals surface area (Å²) in [5.41, 5.74) is 0.686. The Morgan fingerprint density at radius 1 is 1.00 bits per heavy atom. The van der Waals surface area contributed by atoms with Crippen molar-refractivity contribution in [3.8, 4) is 17.2 Å². The number of halogens is 1. The number of ether oxygens (including phenoxy) is 1. The Morgan fingerprint density at radius 3 is 2.00 bits per heavy atom. The number of rotatable bonds is 5. The van der Waals surface area contributed by atoms with Gasteiger partial charge in [0, 0.05) is 0 Å². The van der Waals surface area contributed by atoms with Crippen LogP contribution in [-0.2, 0) is 13.6 Å². The van der Waals surface area contributed by atoms with Gasteiger partial charge in [-0.15, -0.1) is 0 Å². The van der Waals surface area contributed by atoms with Crippen LogP contribution < -0.4 is 4.74 Å². The van der Waals surface area contributed by atoms with Crippen LogP contribution in [0.3, 0.4) is 0 Å². The molecule has 0 aliphatic carbocycles. The smallest absolute Gasteiger partial charge is 0.341 e. The van der Waals surface area contributed by atoms with Crippen molar-refractivity contribution in [3.63, 3.8) is 0 Å². The van der Waals surface area contributed by atoms with Crippen LogP contribution in [0.1, 0.15) is 5.56 Å². The number of hydrogen-bond acceptors (Lipinski definition) is 4. The number of phenols is 1. The normalized spacial score (nSPS) is 13.7. The SMILES string of the molecule is O=P(O)(Cc1ccc(Oc2ccc(O)cc2)cc1)OI. The van der Waals surface area contributed by atoms with Crippen LogP contribution >= 0.6 is 30.6 Å². The van der Waals surface area contributed by atoms with Crippen molar-refractivity contribution in [1.82, 2.24) is 0 Å². The molecule has 7 heteroatoms. The van der Waals surface area contributed by atoms with Crippen LogP contribution in [0.2, 0.25) is 0 Å². The van der Waals surface area contributed by atoms with Crippen molar-refractivity contribution in [3.05, 3.63) is 54.1 Å². The highest BCUT2D eigenvalue weighted by Crippen LogP contribution is 2.47. The second-order valence-corrected chi connectivity index (χ2v) is 7.02. The van der Waals surface area contributed by atoms with E-state index in [1.807, 2.05) is 0 Å². The average Bonchev–Trinajstić information content (AvgIpc) is 2.43. The van der Waals surface area contributed by atoms with Crippen LogP contribution in [0.5, 0.6) is 17.2 Å². The lowest BCUT2D eigenvalue weighted by Crippen LogP contribution is -1.89. The molecule has 1 atom stereocenters. The van der Waals surface area contributed by atoms with Crippen LogP contribution in [-0.4, -0.2) is 10.00 Å². The zero-order valence-corrected chi connectivity index (χ0v) is 13.3. The summed E-state index contributed by atoms with van der Waals surface area (Å²) in [5, 5.41) is 9.17. The third-order valence-electron chi connectivity index (χ3n) is 2.49. The van der Waals surface area contributed by atoms with E-state index in [1.165, 1.54) is 35.1 Å². The molecule has 0 bridgehead atoms. The first-order valence-corrected chi connectivity index (χ1v) is 8.31. The summed E-state index contributed by atoms with van der Waals surface area (Å²) < 4.78 is 21.5. The first-order chi connectivity index (χ1) is 9.48. The molecule has 5 nitrogen and oxygen atoms in total. The molecule has 2 N–H and O–H groups in total. The lowest BCUT2D eigenvalue weighted by atomic mass is 10.2. The predicted octanol–water partition coefficient (Wildman–Crippen LogP) is 4.24. The maximum Gasteiger partial charge on any atom is 0.341 e. The molecule has 0 spiro atoms. The molecule has 0 aliphatic rings. The van der Waals surface area contributed by atoms with Crippen molar-refractivity contribution in [2.24, 2.45) is 0 Å². The molecule has 0 fully saturated rings. The van der Waals surface area contributed by atoms with Gasteiger partial charge in [-0.3, -0.25) is 4.57 Å². The largest absolute Gasteiger partial charge is 0.508 e. The Balaban J connectivity index is 2.05. The molecule has 0 aliphatic heterocycles. The molecule has 2 rings (SSSR count). The Kier molecular flexibility index (Phi) is 5.04. The summed E-state index contributed by atoms with van der Waals surface area (Å²) in [6, 6.07) is 13.2. The minimum atomic E-state index is -3.56. The number of hydrogen-bond donors (Lipinski definition) is 2. The van der Waals surface area contributed by atoms with Crippen molar-refractivity contribution >= 4 is 30.6 Å². The second kappa shape index (κ2) is 6.58. The van der Waals surface area contributed by atoms with E-state index in [1.54, 1.807) is 36.4 Å². The summed E-state index contributed by atoms with van der Waals surface area (Å²) in [4.78, 5) is 9.38. The number of aromatic hydroxyl groups is 1. The monoisotopic (exact) mass is 406 g/mol. The minimum Gasteiger partial charge on any atom is -0.508 e. The maximum atomic E-state index is 11.4. The van der Waals surface area contributed by atoms with Crippen LogP contribution in [0.4, 0.5) is 0 Å². The van der Waals surface area contributed by atoms with E-state index in [-0.39, 0.29) is 11.9 Å². The van der Waals surface area contributed by atoms with Crippen LogP contribution in [0.15, 0.2) is 48.5 Å². The van der Waals surface area contributed by atoms with E-state index in [0.29, 0.717) is 17.1 Å². The van der Waals surface area contributed by atoms with E-state index in [4.69, 9.17) is 4.74 Å². The van der Waals surface area contributed by atoms with Crippen LogP contribution in [0, 0.1) is 0 Å². The molecule has 1 unspecified atom stereocenters. The first-order valence-electron chi connectivity index (χ1n) is 5.66. The van der Waals surface area contributed by atoms with Crippen LogP contribution in [0.25, 0.3) is 0 Å². The van der Waals surface area contributed by atoms with E-state index in [2.05, 4.69) is 2.85 Å². The predicted molar refractivity (Wildman–Crippen MR) is 83.3 cm³/mol. The fourth-order valence-corrected chi connectivity index (χ4v) is 2.71. The fraction of sp³-hybridized carbons (Fsp3) is 0.0769. The van der Waals surface area contributed by atoms with E-state index < -0.39 is 7.60 Å². The number of phenolic OH excluding ortho intramolecular Hbond substituents is 1. The van der Waals surface area contributed by atoms with E-state index in [9.17, 15) is 14.6 Å². The topological polar surface area (TPSA) is 76.0 Å². The van der Waals surface area contributed by atoms with Gasteiger partial charge in [-0.05, 0) is 42.0 Å². The lowest BCUT2D eigenvalue weighted by molar-refractivity contribution is 0.414. The molecule has 0 radical (unpaired) electrons. The third kappa shape index (κ3) is 4.49. The van der Waals surface area contributed by atoms with E-state index >= 15 is 0 Å². The van der Waals surface area contributed by atoms with Gasteiger partial charge in [0.25, 0.3) is 0 Å². The van der Waals surface area contributed by atoms with Crippen molar-refractivity contribution in [2.45, 2.75) is 6.16 Å². The molecule has 0 aromatic heterocycles. The Labute approximate surface area is 130 Å². The van der Waals surface area contributed by atoms with Gasteiger partial charge >= 0.3 is 7.60 Å². The summed E-state index contributed by atoms with van der Waals surface area (Å²) in [5.74, 6) is 1.37. The molecule has 20 heavy (non-hydrogen) atoms. The zero-order chi connectivity index (χ0) is 14.6. The second-order valence-electron chi connectivity index (χ2n) is 4.10. The molecule has 0 saturated carbocycles. The molecule has 0 saturated heterocycles. The summed E-state index contributed by atoms with van der Waals surface area (Å²) >= 11 is 1.42. The molecule has 2 aromatic rings. The van der Waals surface area contributed by atoms with Gasteiger partial charge < -0.3 is 14.7 Å². The summed E-state index contributed by atoms with van der Waals surface area (Å²) in [6.07, 6.45) is -0.0462. The Bertz CT molecular complexity index is 612. The van der Waals surface area contributed by atoms with Crippen molar-refractivity contribution in [2.75, 3.05) is 0 Å². The molecule has 0 heterocycles. The maximum absolute atomic E-state index is 11.4. The minimum absolute atomic E-state index is 0.0462. The molecular formula is C13H12IO5P. The van der Waals surface area contributed by atoms with Gasteiger partial charge in [0.2, 0.25) is 0 Å². The van der Waals surface area contributed by atoms with Gasteiger partial charge in [-0.1, -0.05) is 12.1 Å². The first kappa shape index (κ1) is 15.3. The molecule has 2 aromatic carbocycles. The highest BCUT2D eigenvalue weighted by Gasteiger charge is 2.18. The average molecular weight is 406 g/mol. The Hall–Kier alpha value is -1.08. The molecule has 106 valence electrons. The van der Waals surface area contributed by atoms with Gasteiger partial charge in [0.15, 0.2) is 0 Å². The van der Waals surface area contributed by atoms with Gasteiger partial charge in [-0.2, -0.15) is 0 Å². The zero-order valence-electron chi connectivity index (χ0n) is 10.3. The highest BCUT2D eigenvalue weighted by molar-refractivity contribution is 14.1. The summed E-state index contributed by atoms with van der Waals surface area (Å²) in [7, 11) is -3.56. The molecular weight excluding hydrogens is 394 g/mol. The summed E-state index contributed by atoms with van der Waals surface area (Å²) in [6.45, 7) is 0. The van der Waals surface area contributed by atoms with Crippen molar-refractivity contribution in [1.29, 1.82) is 0 Å². The standard InChI is InChI=1S/C13H12IO5P/c14-19-20(16,17)9-10-1-5-12(6-2-10)18-13-7-3-11(15)4-8-13/h1-8,15H,9H2,(H,16,17). The van der Waals surface area contributed by atoms with Gasteiger partial charge in [-0.25, -0.2) is 2.85 Å². The van der Waals surface area contributed by atoms with Gasteiger partial charge in [0.1, 0.15) is 40.3 Å². The quantitative estimate of drug-likeness (QED) is 0.574. The third-order valence-corrected chi connectivity index (χ3v) is 5.31. The highest BCUT2D eigenvalue weighted by atomic mass is 127. The molecule has 0 amide bonds. The van der Waals surface area contributed by atoms with E-state index in [0.717, 1.165) is 0 Å². The number of benzene rings is 2.